The van der Waals surface area contributed by atoms with Crippen molar-refractivity contribution in [2.24, 2.45) is 5.41 Å². The molecule has 0 saturated carbocycles. The minimum atomic E-state index is 0.187. The maximum Gasteiger partial charge on any atom is 0.0295 e. The molecule has 0 aromatic heterocycles. The van der Waals surface area contributed by atoms with Gasteiger partial charge in [-0.05, 0) is 30.4 Å². The lowest BCUT2D eigenvalue weighted by Crippen LogP contribution is -2.48. The van der Waals surface area contributed by atoms with Crippen molar-refractivity contribution in [1.29, 1.82) is 0 Å². The van der Waals surface area contributed by atoms with Crippen LogP contribution in [0.1, 0.15) is 57.8 Å². The molecule has 0 saturated heterocycles. The highest BCUT2D eigenvalue weighted by Gasteiger charge is 2.26. The van der Waals surface area contributed by atoms with Crippen molar-refractivity contribution in [2.45, 2.75) is 52.7 Å². The molecule has 130 valence electrons. The van der Waals surface area contributed by atoms with Crippen LogP contribution in [-0.2, 0) is 0 Å². The van der Waals surface area contributed by atoms with E-state index in [1.165, 1.54) is 11.1 Å². The Morgan fingerprint density at radius 3 is 1.67 bits per heavy atom. The molecular formula is C22H32N2. The molecule has 0 aliphatic heterocycles. The van der Waals surface area contributed by atoms with Crippen LogP contribution in [0.2, 0.25) is 0 Å². The van der Waals surface area contributed by atoms with E-state index in [1.807, 2.05) is 0 Å². The molecule has 0 fully saturated rings. The molecule has 2 heteroatoms. The maximum atomic E-state index is 3.82. The molecule has 0 amide bonds. The quantitative estimate of drug-likeness (QED) is 0.740. The fourth-order valence-corrected chi connectivity index (χ4v) is 2.91. The third kappa shape index (κ3) is 5.47. The average Bonchev–Trinajstić information content (AvgIpc) is 2.58. The highest BCUT2D eigenvalue weighted by Crippen LogP contribution is 2.23. The van der Waals surface area contributed by atoms with Crippen LogP contribution >= 0.6 is 0 Å². The molecule has 0 radical (unpaired) electrons. The third-order valence-electron chi connectivity index (χ3n) is 4.72. The van der Waals surface area contributed by atoms with Gasteiger partial charge in [-0.2, -0.15) is 0 Å². The van der Waals surface area contributed by atoms with E-state index in [0.29, 0.717) is 18.1 Å². The predicted octanol–water partition coefficient (Wildman–Crippen LogP) is 5.10. The molecular weight excluding hydrogens is 292 g/mol. The van der Waals surface area contributed by atoms with E-state index >= 15 is 0 Å². The third-order valence-corrected chi connectivity index (χ3v) is 4.72. The van der Waals surface area contributed by atoms with Gasteiger partial charge in [-0.1, -0.05) is 81.4 Å². The van der Waals surface area contributed by atoms with Gasteiger partial charge in [0, 0.05) is 24.7 Å². The molecule has 0 aliphatic rings. The molecule has 0 spiro atoms. The summed E-state index contributed by atoms with van der Waals surface area (Å²) in [6, 6.07) is 22.4. The molecule has 0 unspecified atom stereocenters. The molecule has 2 N–H and O–H groups in total. The fourth-order valence-electron chi connectivity index (χ4n) is 2.91. The van der Waals surface area contributed by atoms with E-state index in [0.717, 1.165) is 6.54 Å². The second-order valence-corrected chi connectivity index (χ2v) is 7.76. The van der Waals surface area contributed by atoms with Crippen molar-refractivity contribution in [3.8, 4) is 0 Å². The standard InChI is InChI=1S/C22H32N2/c1-17(19-12-8-6-9-13-19)23-16-21(22(3,4)5)24-18(2)20-14-10-7-11-15-20/h6-15,17-18,21,23-24H,16H2,1-5H3/t17-,18-,21+/m0/s1. The van der Waals surface area contributed by atoms with Gasteiger partial charge in [-0.3, -0.25) is 0 Å². The smallest absolute Gasteiger partial charge is 0.0295 e. The van der Waals surface area contributed by atoms with Crippen molar-refractivity contribution in [3.05, 3.63) is 71.8 Å². The van der Waals surface area contributed by atoms with Crippen LogP contribution in [0.25, 0.3) is 0 Å². The van der Waals surface area contributed by atoms with Crippen molar-refractivity contribution in [1.82, 2.24) is 10.6 Å². The monoisotopic (exact) mass is 324 g/mol. The Hall–Kier alpha value is -1.64. The van der Waals surface area contributed by atoms with Crippen LogP contribution < -0.4 is 10.6 Å². The van der Waals surface area contributed by atoms with Crippen molar-refractivity contribution >= 4 is 0 Å². The van der Waals surface area contributed by atoms with Gasteiger partial charge in [0.05, 0.1) is 0 Å². The summed E-state index contributed by atoms with van der Waals surface area (Å²) < 4.78 is 0. The number of hydrogen-bond donors (Lipinski definition) is 2. The van der Waals surface area contributed by atoms with E-state index in [1.54, 1.807) is 0 Å². The van der Waals surface area contributed by atoms with E-state index in [2.05, 4.69) is 106 Å². The second-order valence-electron chi connectivity index (χ2n) is 7.76. The first kappa shape index (κ1) is 18.7. The SMILES string of the molecule is C[C@H](NC[C@@H](N[C@@H](C)c1ccccc1)C(C)(C)C)c1ccccc1. The number of rotatable bonds is 7. The lowest BCUT2D eigenvalue weighted by atomic mass is 9.85. The molecule has 3 atom stereocenters. The summed E-state index contributed by atoms with van der Waals surface area (Å²) in [6.45, 7) is 12.3. The molecule has 0 aliphatic carbocycles. The van der Waals surface area contributed by atoms with Gasteiger partial charge in [0.15, 0.2) is 0 Å². The molecule has 2 aromatic rings. The van der Waals surface area contributed by atoms with Crippen LogP contribution in [0.5, 0.6) is 0 Å². The molecule has 24 heavy (non-hydrogen) atoms. The zero-order valence-corrected chi connectivity index (χ0v) is 15.7. The van der Waals surface area contributed by atoms with Crippen LogP contribution in [-0.4, -0.2) is 12.6 Å². The van der Waals surface area contributed by atoms with E-state index in [-0.39, 0.29) is 5.41 Å². The first-order valence-corrected chi connectivity index (χ1v) is 8.97. The van der Waals surface area contributed by atoms with E-state index in [9.17, 15) is 0 Å². The molecule has 0 bridgehead atoms. The summed E-state index contributed by atoms with van der Waals surface area (Å²) in [6.07, 6.45) is 0. The van der Waals surface area contributed by atoms with Gasteiger partial charge in [0.25, 0.3) is 0 Å². The average molecular weight is 325 g/mol. The van der Waals surface area contributed by atoms with Gasteiger partial charge in [-0.15, -0.1) is 0 Å². The first-order chi connectivity index (χ1) is 11.4. The van der Waals surface area contributed by atoms with Crippen LogP contribution in [0, 0.1) is 5.41 Å². The Labute approximate surface area is 147 Å². The van der Waals surface area contributed by atoms with E-state index in [4.69, 9.17) is 0 Å². The first-order valence-electron chi connectivity index (χ1n) is 8.97. The minimum Gasteiger partial charge on any atom is -0.309 e. The fraction of sp³-hybridized carbons (Fsp3) is 0.455. The van der Waals surface area contributed by atoms with Crippen LogP contribution in [0.3, 0.4) is 0 Å². The van der Waals surface area contributed by atoms with E-state index < -0.39 is 0 Å². The van der Waals surface area contributed by atoms with Crippen LogP contribution in [0.4, 0.5) is 0 Å². The highest BCUT2D eigenvalue weighted by atomic mass is 15.0. The summed E-state index contributed by atoms with van der Waals surface area (Å²) in [4.78, 5) is 0. The van der Waals surface area contributed by atoms with Crippen LogP contribution in [0.15, 0.2) is 60.7 Å². The van der Waals surface area contributed by atoms with Crippen molar-refractivity contribution < 1.29 is 0 Å². The Kier molecular flexibility index (Phi) is 6.59. The summed E-state index contributed by atoms with van der Waals surface area (Å²) in [5, 5.41) is 7.52. The van der Waals surface area contributed by atoms with Gasteiger partial charge >= 0.3 is 0 Å². The molecule has 2 rings (SSSR count). The molecule has 2 aromatic carbocycles. The number of hydrogen-bond acceptors (Lipinski definition) is 2. The Balaban J connectivity index is 1.99. The number of nitrogens with one attached hydrogen (secondary N) is 2. The molecule has 2 nitrogen and oxygen atoms in total. The summed E-state index contributed by atoms with van der Waals surface area (Å²) in [5.74, 6) is 0. The van der Waals surface area contributed by atoms with Gasteiger partial charge < -0.3 is 10.6 Å². The normalized spacial score (nSPS) is 15.7. The summed E-state index contributed by atoms with van der Waals surface area (Å²) >= 11 is 0. The Bertz CT molecular complexity index is 586. The Morgan fingerprint density at radius 2 is 1.21 bits per heavy atom. The lowest BCUT2D eigenvalue weighted by Gasteiger charge is -2.35. The second kappa shape index (κ2) is 8.46. The Morgan fingerprint density at radius 1 is 0.750 bits per heavy atom. The summed E-state index contributed by atoms with van der Waals surface area (Å²) in [5.41, 5.74) is 2.86. The minimum absolute atomic E-state index is 0.187. The zero-order valence-electron chi connectivity index (χ0n) is 15.7. The molecule has 0 heterocycles. The summed E-state index contributed by atoms with van der Waals surface area (Å²) in [7, 11) is 0. The predicted molar refractivity (Wildman–Crippen MR) is 104 cm³/mol. The van der Waals surface area contributed by atoms with Crippen molar-refractivity contribution in [2.75, 3.05) is 6.54 Å². The van der Waals surface area contributed by atoms with Gasteiger partial charge in [0.1, 0.15) is 0 Å². The van der Waals surface area contributed by atoms with Gasteiger partial charge in [-0.25, -0.2) is 0 Å². The van der Waals surface area contributed by atoms with Crippen molar-refractivity contribution in [3.63, 3.8) is 0 Å². The lowest BCUT2D eigenvalue weighted by molar-refractivity contribution is 0.238. The van der Waals surface area contributed by atoms with Gasteiger partial charge in [0.2, 0.25) is 0 Å². The number of benzene rings is 2. The largest absolute Gasteiger partial charge is 0.309 e. The topological polar surface area (TPSA) is 24.1 Å². The zero-order chi connectivity index (χ0) is 17.6. The maximum absolute atomic E-state index is 3.82. The highest BCUT2D eigenvalue weighted by molar-refractivity contribution is 5.19.